The molecule has 3 rings (SSSR count). The van der Waals surface area contributed by atoms with Crippen LogP contribution in [0.1, 0.15) is 41.2 Å². The maximum atomic E-state index is 10.0. The van der Waals surface area contributed by atoms with E-state index >= 15 is 0 Å². The van der Waals surface area contributed by atoms with Crippen molar-refractivity contribution < 1.29 is 9.84 Å². The van der Waals surface area contributed by atoms with E-state index in [1.54, 1.807) is 7.11 Å². The molecule has 0 aliphatic heterocycles. The summed E-state index contributed by atoms with van der Waals surface area (Å²) in [5.74, 6) is 0.600. The molecular formula is C17H18N2O2. The van der Waals surface area contributed by atoms with Crippen LogP contribution in [0.15, 0.2) is 30.6 Å². The minimum atomic E-state index is -0.333. The van der Waals surface area contributed by atoms with Gasteiger partial charge in [0.2, 0.25) is 0 Å². The topological polar surface area (TPSA) is 58.2 Å². The van der Waals surface area contributed by atoms with Gasteiger partial charge in [-0.15, -0.1) is 0 Å². The maximum Gasteiger partial charge on any atom is 0.136 e. The standard InChI is InChI=1S/C17H18N2O2/c1-21-17-6-5-12(7-14(17)8-18)9-19-10-13-3-2-4-16(20)15(13)11-19/h5-7,10-11,16,20H,2-4,9H2,1H3. The molecule has 108 valence electrons. The summed E-state index contributed by atoms with van der Waals surface area (Å²) in [5.41, 5.74) is 3.89. The number of benzene rings is 1. The summed E-state index contributed by atoms with van der Waals surface area (Å²) in [6.45, 7) is 0.693. The Morgan fingerprint density at radius 1 is 1.43 bits per heavy atom. The number of fused-ring (bicyclic) bond motifs is 1. The van der Waals surface area contributed by atoms with Crippen LogP contribution in [-0.2, 0) is 13.0 Å². The lowest BCUT2D eigenvalue weighted by Gasteiger charge is -2.16. The number of aromatic nitrogens is 1. The van der Waals surface area contributed by atoms with Crippen LogP contribution in [0, 0.1) is 11.3 Å². The van der Waals surface area contributed by atoms with Gasteiger partial charge in [0.15, 0.2) is 0 Å². The van der Waals surface area contributed by atoms with E-state index in [4.69, 9.17) is 10.00 Å². The quantitative estimate of drug-likeness (QED) is 0.941. The van der Waals surface area contributed by atoms with Crippen LogP contribution in [0.2, 0.25) is 0 Å². The van der Waals surface area contributed by atoms with Crippen molar-refractivity contribution in [2.75, 3.05) is 7.11 Å². The second-order valence-electron chi connectivity index (χ2n) is 5.47. The van der Waals surface area contributed by atoms with Crippen molar-refractivity contribution in [3.05, 3.63) is 52.8 Å². The molecule has 1 aliphatic carbocycles. The molecule has 1 aromatic heterocycles. The smallest absolute Gasteiger partial charge is 0.136 e. The van der Waals surface area contributed by atoms with Crippen LogP contribution < -0.4 is 4.74 Å². The molecule has 21 heavy (non-hydrogen) atoms. The third-order valence-electron chi connectivity index (χ3n) is 4.03. The van der Waals surface area contributed by atoms with E-state index in [1.807, 2.05) is 24.4 Å². The summed E-state index contributed by atoms with van der Waals surface area (Å²) in [7, 11) is 1.57. The fourth-order valence-corrected chi connectivity index (χ4v) is 2.97. The normalized spacial score (nSPS) is 17.1. The average molecular weight is 282 g/mol. The molecule has 0 radical (unpaired) electrons. The van der Waals surface area contributed by atoms with Gasteiger partial charge in [0.05, 0.1) is 18.8 Å². The molecule has 1 heterocycles. The number of aliphatic hydroxyl groups is 1. The second kappa shape index (κ2) is 5.63. The zero-order valence-electron chi connectivity index (χ0n) is 12.0. The first-order valence-corrected chi connectivity index (χ1v) is 7.15. The fraction of sp³-hybridized carbons (Fsp3) is 0.353. The molecular weight excluding hydrogens is 264 g/mol. The Morgan fingerprint density at radius 2 is 2.29 bits per heavy atom. The van der Waals surface area contributed by atoms with Crippen molar-refractivity contribution >= 4 is 0 Å². The van der Waals surface area contributed by atoms with Crippen LogP contribution in [0.5, 0.6) is 5.75 Å². The highest BCUT2D eigenvalue weighted by Gasteiger charge is 2.19. The van der Waals surface area contributed by atoms with Crippen molar-refractivity contribution in [1.29, 1.82) is 5.26 Å². The van der Waals surface area contributed by atoms with Gasteiger partial charge in [0, 0.05) is 24.5 Å². The summed E-state index contributed by atoms with van der Waals surface area (Å²) in [4.78, 5) is 0. The number of aryl methyl sites for hydroxylation is 1. The minimum absolute atomic E-state index is 0.333. The predicted octanol–water partition coefficient (Wildman–Crippen LogP) is 2.79. The van der Waals surface area contributed by atoms with Crippen LogP contribution in [-0.4, -0.2) is 16.8 Å². The zero-order valence-corrected chi connectivity index (χ0v) is 12.0. The highest BCUT2D eigenvalue weighted by Crippen LogP contribution is 2.30. The van der Waals surface area contributed by atoms with Crippen molar-refractivity contribution in [2.45, 2.75) is 31.9 Å². The van der Waals surface area contributed by atoms with Gasteiger partial charge in [0.25, 0.3) is 0 Å². The monoisotopic (exact) mass is 282 g/mol. The molecule has 2 aromatic rings. The molecule has 0 bridgehead atoms. The third-order valence-corrected chi connectivity index (χ3v) is 4.03. The highest BCUT2D eigenvalue weighted by molar-refractivity contribution is 5.45. The first kappa shape index (κ1) is 13.7. The van der Waals surface area contributed by atoms with Crippen molar-refractivity contribution in [3.8, 4) is 11.8 Å². The lowest BCUT2D eigenvalue weighted by Crippen LogP contribution is -2.05. The first-order chi connectivity index (χ1) is 10.2. The molecule has 0 saturated heterocycles. The SMILES string of the molecule is COc1ccc(Cn2cc3c(c2)C(O)CCC3)cc1C#N. The maximum absolute atomic E-state index is 10.0. The van der Waals surface area contributed by atoms with Gasteiger partial charge in [0.1, 0.15) is 11.8 Å². The Bertz CT molecular complexity index is 697. The molecule has 1 aliphatic rings. The number of nitriles is 1. The largest absolute Gasteiger partial charge is 0.495 e. The second-order valence-corrected chi connectivity index (χ2v) is 5.47. The number of rotatable bonds is 3. The van der Waals surface area contributed by atoms with Crippen molar-refractivity contribution in [3.63, 3.8) is 0 Å². The third kappa shape index (κ3) is 2.65. The summed E-state index contributed by atoms with van der Waals surface area (Å²) < 4.78 is 7.24. The van der Waals surface area contributed by atoms with Crippen LogP contribution in [0.4, 0.5) is 0 Å². The molecule has 4 nitrogen and oxygen atoms in total. The van der Waals surface area contributed by atoms with E-state index in [9.17, 15) is 5.11 Å². The predicted molar refractivity (Wildman–Crippen MR) is 79.1 cm³/mol. The number of hydrogen-bond acceptors (Lipinski definition) is 3. The highest BCUT2D eigenvalue weighted by atomic mass is 16.5. The Kier molecular flexibility index (Phi) is 3.68. The molecule has 4 heteroatoms. The summed E-state index contributed by atoms with van der Waals surface area (Å²) in [6, 6.07) is 7.80. The minimum Gasteiger partial charge on any atom is -0.495 e. The lowest BCUT2D eigenvalue weighted by atomic mass is 9.93. The number of hydrogen-bond donors (Lipinski definition) is 1. The Labute approximate surface area is 124 Å². The van der Waals surface area contributed by atoms with E-state index in [0.29, 0.717) is 17.9 Å². The molecule has 1 aromatic carbocycles. The molecule has 1 atom stereocenters. The fourth-order valence-electron chi connectivity index (χ4n) is 2.97. The van der Waals surface area contributed by atoms with E-state index in [0.717, 1.165) is 30.4 Å². The zero-order chi connectivity index (χ0) is 14.8. The van der Waals surface area contributed by atoms with Crippen LogP contribution in [0.3, 0.4) is 0 Å². The van der Waals surface area contributed by atoms with Crippen molar-refractivity contribution in [1.82, 2.24) is 4.57 Å². The molecule has 0 fully saturated rings. The Hall–Kier alpha value is -2.25. The van der Waals surface area contributed by atoms with Crippen LogP contribution >= 0.6 is 0 Å². The average Bonchev–Trinajstić information content (AvgIpc) is 2.91. The molecule has 0 spiro atoms. The van der Waals surface area contributed by atoms with Crippen molar-refractivity contribution in [2.24, 2.45) is 0 Å². The van der Waals surface area contributed by atoms with E-state index in [1.165, 1.54) is 5.56 Å². The van der Waals surface area contributed by atoms with Gasteiger partial charge in [-0.05, 0) is 42.5 Å². The Morgan fingerprint density at radius 3 is 3.00 bits per heavy atom. The summed E-state index contributed by atoms with van der Waals surface area (Å²) in [6.07, 6.45) is 6.72. The number of ether oxygens (including phenoxy) is 1. The molecule has 1 N–H and O–H groups in total. The Balaban J connectivity index is 1.86. The van der Waals surface area contributed by atoms with E-state index < -0.39 is 0 Å². The first-order valence-electron chi connectivity index (χ1n) is 7.15. The van der Waals surface area contributed by atoms with Gasteiger partial charge in [-0.1, -0.05) is 6.07 Å². The molecule has 0 saturated carbocycles. The van der Waals surface area contributed by atoms with Crippen LogP contribution in [0.25, 0.3) is 0 Å². The number of nitrogens with zero attached hydrogens (tertiary/aromatic N) is 2. The lowest BCUT2D eigenvalue weighted by molar-refractivity contribution is 0.157. The van der Waals surface area contributed by atoms with Gasteiger partial charge in [-0.25, -0.2) is 0 Å². The number of aliphatic hydroxyl groups excluding tert-OH is 1. The summed E-state index contributed by atoms with van der Waals surface area (Å²) in [5, 5.41) is 19.2. The number of methoxy groups -OCH3 is 1. The summed E-state index contributed by atoms with van der Waals surface area (Å²) >= 11 is 0. The molecule has 0 amide bonds. The van der Waals surface area contributed by atoms with Gasteiger partial charge in [-0.2, -0.15) is 5.26 Å². The van der Waals surface area contributed by atoms with Gasteiger partial charge >= 0.3 is 0 Å². The van der Waals surface area contributed by atoms with Gasteiger partial charge < -0.3 is 14.4 Å². The van der Waals surface area contributed by atoms with E-state index in [2.05, 4.69) is 16.8 Å². The van der Waals surface area contributed by atoms with Gasteiger partial charge in [-0.3, -0.25) is 0 Å². The molecule has 1 unspecified atom stereocenters. The van der Waals surface area contributed by atoms with E-state index in [-0.39, 0.29) is 6.10 Å².